The van der Waals surface area contributed by atoms with Crippen LogP contribution in [0.25, 0.3) is 11.4 Å². The number of thioether (sulfide) groups is 1. The summed E-state index contributed by atoms with van der Waals surface area (Å²) in [6.07, 6.45) is 0.123. The van der Waals surface area contributed by atoms with Gasteiger partial charge in [0.25, 0.3) is 0 Å². The Morgan fingerprint density at radius 1 is 1.33 bits per heavy atom. The summed E-state index contributed by atoms with van der Waals surface area (Å²) < 4.78 is 1.88. The van der Waals surface area contributed by atoms with Crippen LogP contribution in [0.3, 0.4) is 0 Å². The molecule has 0 bridgehead atoms. The molecule has 5 nitrogen and oxygen atoms in total. The van der Waals surface area contributed by atoms with Crippen LogP contribution in [0.4, 0.5) is 0 Å². The second kappa shape index (κ2) is 5.68. The lowest BCUT2D eigenvalue weighted by Crippen LogP contribution is -1.98. The summed E-state index contributed by atoms with van der Waals surface area (Å²) in [5, 5.41) is 17.5. The Bertz CT molecular complexity index is 540. The Balaban J connectivity index is 2.12. The van der Waals surface area contributed by atoms with Crippen molar-refractivity contribution in [1.29, 1.82) is 0 Å². The van der Waals surface area contributed by atoms with Gasteiger partial charge in [-0.1, -0.05) is 42.1 Å². The predicted molar refractivity (Wildman–Crippen MR) is 69.4 cm³/mol. The van der Waals surface area contributed by atoms with Crippen LogP contribution in [0.2, 0.25) is 0 Å². The molecule has 6 heteroatoms. The molecule has 18 heavy (non-hydrogen) atoms. The molecular weight excluding hydrogens is 250 g/mol. The van der Waals surface area contributed by atoms with E-state index in [1.54, 1.807) is 0 Å². The second-order valence-corrected chi connectivity index (χ2v) is 4.79. The van der Waals surface area contributed by atoms with Crippen molar-refractivity contribution in [1.82, 2.24) is 14.8 Å². The number of aromatic nitrogens is 3. The molecule has 0 radical (unpaired) electrons. The zero-order valence-electron chi connectivity index (χ0n) is 9.91. The zero-order valence-corrected chi connectivity index (χ0v) is 10.7. The van der Waals surface area contributed by atoms with Gasteiger partial charge in [0, 0.05) is 18.4 Å². The van der Waals surface area contributed by atoms with Crippen LogP contribution in [-0.2, 0) is 11.8 Å². The highest BCUT2D eigenvalue weighted by Gasteiger charge is 2.11. The first kappa shape index (κ1) is 12.6. The smallest absolute Gasteiger partial charge is 0.304 e. The SMILES string of the molecule is Cn1c(SCCC(=O)O)nnc1-c1ccccc1. The largest absolute Gasteiger partial charge is 0.481 e. The van der Waals surface area contributed by atoms with E-state index >= 15 is 0 Å². The van der Waals surface area contributed by atoms with Crippen molar-refractivity contribution in [3.05, 3.63) is 30.3 Å². The second-order valence-electron chi connectivity index (χ2n) is 3.72. The fraction of sp³-hybridized carbons (Fsp3) is 0.250. The maximum absolute atomic E-state index is 10.4. The Hall–Kier alpha value is -1.82. The molecule has 0 aliphatic heterocycles. The van der Waals surface area contributed by atoms with Gasteiger partial charge in [0.2, 0.25) is 0 Å². The van der Waals surface area contributed by atoms with Gasteiger partial charge in [-0.2, -0.15) is 0 Å². The van der Waals surface area contributed by atoms with E-state index in [1.807, 2.05) is 41.9 Å². The summed E-state index contributed by atoms with van der Waals surface area (Å²) >= 11 is 1.40. The molecule has 0 aliphatic carbocycles. The Morgan fingerprint density at radius 2 is 2.06 bits per heavy atom. The summed E-state index contributed by atoms with van der Waals surface area (Å²) in [6.45, 7) is 0. The highest BCUT2D eigenvalue weighted by Crippen LogP contribution is 2.22. The minimum Gasteiger partial charge on any atom is -0.481 e. The highest BCUT2D eigenvalue weighted by atomic mass is 32.2. The lowest BCUT2D eigenvalue weighted by molar-refractivity contribution is -0.136. The molecule has 2 aromatic rings. The summed E-state index contributed by atoms with van der Waals surface area (Å²) in [6, 6.07) is 9.77. The number of benzene rings is 1. The van der Waals surface area contributed by atoms with Gasteiger partial charge in [0.1, 0.15) is 0 Å². The normalized spacial score (nSPS) is 10.5. The number of nitrogens with zero attached hydrogens (tertiary/aromatic N) is 3. The van der Waals surface area contributed by atoms with Crippen molar-refractivity contribution in [3.63, 3.8) is 0 Å². The molecule has 0 amide bonds. The number of hydrogen-bond acceptors (Lipinski definition) is 4. The van der Waals surface area contributed by atoms with Gasteiger partial charge >= 0.3 is 5.97 Å². The van der Waals surface area contributed by atoms with Crippen LogP contribution >= 0.6 is 11.8 Å². The number of aliphatic carboxylic acids is 1. The molecule has 1 heterocycles. The van der Waals surface area contributed by atoms with Crippen LogP contribution in [0.5, 0.6) is 0 Å². The summed E-state index contributed by atoms with van der Waals surface area (Å²) in [4.78, 5) is 10.4. The number of carbonyl (C=O) groups is 1. The molecule has 1 aromatic heterocycles. The number of hydrogen-bond donors (Lipinski definition) is 1. The topological polar surface area (TPSA) is 68.0 Å². The molecule has 94 valence electrons. The van der Waals surface area contributed by atoms with Crippen molar-refractivity contribution in [3.8, 4) is 11.4 Å². The molecule has 0 saturated heterocycles. The fourth-order valence-corrected chi connectivity index (χ4v) is 2.35. The van der Waals surface area contributed by atoms with Crippen molar-refractivity contribution < 1.29 is 9.90 Å². The first-order chi connectivity index (χ1) is 8.68. The maximum Gasteiger partial charge on any atom is 0.304 e. The third-order valence-corrected chi connectivity index (χ3v) is 3.44. The molecule has 0 aliphatic rings. The standard InChI is InChI=1S/C12H13N3O2S/c1-15-11(9-5-3-2-4-6-9)13-14-12(15)18-8-7-10(16)17/h2-6H,7-8H2,1H3,(H,16,17). The minimum absolute atomic E-state index is 0.123. The van der Waals surface area contributed by atoms with E-state index in [0.29, 0.717) is 5.75 Å². The molecule has 2 rings (SSSR count). The summed E-state index contributed by atoms with van der Waals surface area (Å²) in [5.41, 5.74) is 0.998. The average molecular weight is 263 g/mol. The molecule has 1 aromatic carbocycles. The number of rotatable bonds is 5. The van der Waals surface area contributed by atoms with E-state index in [9.17, 15) is 4.79 Å². The molecular formula is C12H13N3O2S. The predicted octanol–water partition coefficient (Wildman–Crippen LogP) is 2.05. The van der Waals surface area contributed by atoms with Crippen LogP contribution < -0.4 is 0 Å². The first-order valence-corrected chi connectivity index (χ1v) is 6.46. The Labute approximate surface area is 109 Å². The van der Waals surface area contributed by atoms with Crippen LogP contribution in [0.15, 0.2) is 35.5 Å². The van der Waals surface area contributed by atoms with Crippen LogP contribution in [0, 0.1) is 0 Å². The third kappa shape index (κ3) is 2.89. The van der Waals surface area contributed by atoms with E-state index in [0.717, 1.165) is 16.5 Å². The van der Waals surface area contributed by atoms with Gasteiger partial charge in [0.05, 0.1) is 6.42 Å². The number of carboxylic acids is 1. The molecule has 0 spiro atoms. The maximum atomic E-state index is 10.4. The lowest BCUT2D eigenvalue weighted by atomic mass is 10.2. The van der Waals surface area contributed by atoms with Gasteiger partial charge in [-0.3, -0.25) is 4.79 Å². The van der Waals surface area contributed by atoms with E-state index in [1.165, 1.54) is 11.8 Å². The quantitative estimate of drug-likeness (QED) is 0.836. The van der Waals surface area contributed by atoms with Gasteiger partial charge in [-0.15, -0.1) is 10.2 Å². The van der Waals surface area contributed by atoms with Crippen LogP contribution in [-0.4, -0.2) is 31.6 Å². The van der Waals surface area contributed by atoms with Crippen molar-refractivity contribution >= 4 is 17.7 Å². The van der Waals surface area contributed by atoms with E-state index in [4.69, 9.17) is 5.11 Å². The monoisotopic (exact) mass is 263 g/mol. The molecule has 0 atom stereocenters. The Kier molecular flexibility index (Phi) is 3.99. The fourth-order valence-electron chi connectivity index (χ4n) is 1.51. The van der Waals surface area contributed by atoms with Gasteiger partial charge in [0.15, 0.2) is 11.0 Å². The first-order valence-electron chi connectivity index (χ1n) is 5.48. The van der Waals surface area contributed by atoms with Crippen molar-refractivity contribution in [2.24, 2.45) is 7.05 Å². The zero-order chi connectivity index (χ0) is 13.0. The third-order valence-electron chi connectivity index (χ3n) is 2.41. The van der Waals surface area contributed by atoms with E-state index < -0.39 is 5.97 Å². The lowest BCUT2D eigenvalue weighted by Gasteiger charge is -2.02. The highest BCUT2D eigenvalue weighted by molar-refractivity contribution is 7.99. The molecule has 0 saturated carbocycles. The van der Waals surface area contributed by atoms with Crippen molar-refractivity contribution in [2.75, 3.05) is 5.75 Å². The number of carboxylic acid groups (broad SMARTS) is 1. The van der Waals surface area contributed by atoms with E-state index in [-0.39, 0.29) is 6.42 Å². The van der Waals surface area contributed by atoms with Crippen LogP contribution in [0.1, 0.15) is 6.42 Å². The molecule has 1 N–H and O–H groups in total. The molecule has 0 fully saturated rings. The average Bonchev–Trinajstić information content (AvgIpc) is 2.72. The minimum atomic E-state index is -0.798. The van der Waals surface area contributed by atoms with Gasteiger partial charge in [-0.25, -0.2) is 0 Å². The molecule has 0 unspecified atom stereocenters. The summed E-state index contributed by atoms with van der Waals surface area (Å²) in [7, 11) is 1.88. The summed E-state index contributed by atoms with van der Waals surface area (Å²) in [5.74, 6) is 0.484. The van der Waals surface area contributed by atoms with Crippen molar-refractivity contribution in [2.45, 2.75) is 11.6 Å². The van der Waals surface area contributed by atoms with Gasteiger partial charge in [-0.05, 0) is 0 Å². The van der Waals surface area contributed by atoms with Gasteiger partial charge < -0.3 is 9.67 Å². The van der Waals surface area contributed by atoms with E-state index in [2.05, 4.69) is 10.2 Å². The Morgan fingerprint density at radius 3 is 2.72 bits per heavy atom.